The maximum absolute atomic E-state index is 12.4. The molecule has 1 aliphatic rings. The monoisotopic (exact) mass is 303 g/mol. The summed E-state index contributed by atoms with van der Waals surface area (Å²) < 4.78 is 0. The highest BCUT2D eigenvalue weighted by molar-refractivity contribution is 5.54. The third-order valence-electron chi connectivity index (χ3n) is 4.15. The summed E-state index contributed by atoms with van der Waals surface area (Å²) in [6.45, 7) is 2.20. The molecule has 0 unspecified atom stereocenters. The molecule has 1 aliphatic heterocycles. The summed E-state index contributed by atoms with van der Waals surface area (Å²) in [7, 11) is 0. The van der Waals surface area contributed by atoms with Crippen LogP contribution in [0.1, 0.15) is 16.8 Å². The van der Waals surface area contributed by atoms with Crippen LogP contribution in [0.3, 0.4) is 0 Å². The predicted octanol–water partition coefficient (Wildman–Crippen LogP) is 2.95. The van der Waals surface area contributed by atoms with E-state index in [1.54, 1.807) is 0 Å². The van der Waals surface area contributed by atoms with Gasteiger partial charge in [-0.05, 0) is 5.56 Å². The van der Waals surface area contributed by atoms with E-state index in [1.807, 2.05) is 48.5 Å². The lowest BCUT2D eigenvalue weighted by Gasteiger charge is -2.13. The van der Waals surface area contributed by atoms with Crippen molar-refractivity contribution in [3.63, 3.8) is 0 Å². The summed E-state index contributed by atoms with van der Waals surface area (Å²) in [5, 5.41) is 0. The van der Waals surface area contributed by atoms with Gasteiger partial charge in [0.15, 0.2) is 0 Å². The summed E-state index contributed by atoms with van der Waals surface area (Å²) in [6, 6.07) is 20.1. The number of hydrogen-bond acceptors (Lipinski definition) is 3. The average molecular weight is 303 g/mol. The topological polar surface area (TPSA) is 49.0 Å². The highest BCUT2D eigenvalue weighted by Crippen LogP contribution is 2.22. The van der Waals surface area contributed by atoms with Crippen molar-refractivity contribution in [1.82, 2.24) is 14.9 Å². The number of fused-ring (bicyclic) bond motifs is 1. The molecule has 3 aromatic rings. The van der Waals surface area contributed by atoms with Crippen LogP contribution in [0.25, 0.3) is 11.4 Å². The van der Waals surface area contributed by atoms with E-state index in [0.29, 0.717) is 18.9 Å². The quantitative estimate of drug-likeness (QED) is 0.809. The molecular weight excluding hydrogens is 286 g/mol. The Labute approximate surface area is 134 Å². The molecule has 2 heterocycles. The third kappa shape index (κ3) is 2.81. The molecule has 114 valence electrons. The fourth-order valence-electron chi connectivity index (χ4n) is 3.02. The SMILES string of the molecule is O=c1[nH]c(-c2ccccc2)nc2c1CN(Cc1ccccc1)C2. The highest BCUT2D eigenvalue weighted by atomic mass is 16.1. The number of H-pyrrole nitrogens is 1. The second-order valence-corrected chi connectivity index (χ2v) is 5.84. The van der Waals surface area contributed by atoms with Crippen LogP contribution in [-0.2, 0) is 19.6 Å². The van der Waals surface area contributed by atoms with E-state index in [0.717, 1.165) is 23.4 Å². The molecule has 4 nitrogen and oxygen atoms in total. The second kappa shape index (κ2) is 5.82. The molecule has 0 aliphatic carbocycles. The molecule has 23 heavy (non-hydrogen) atoms. The number of nitrogens with one attached hydrogen (secondary N) is 1. The van der Waals surface area contributed by atoms with Gasteiger partial charge in [-0.1, -0.05) is 60.7 Å². The first-order chi connectivity index (χ1) is 11.3. The van der Waals surface area contributed by atoms with Crippen molar-refractivity contribution in [2.75, 3.05) is 0 Å². The lowest BCUT2D eigenvalue weighted by molar-refractivity contribution is 0.273. The molecular formula is C19H17N3O. The van der Waals surface area contributed by atoms with Crippen molar-refractivity contribution in [3.05, 3.63) is 87.8 Å². The number of benzene rings is 2. The van der Waals surface area contributed by atoms with Crippen LogP contribution in [0, 0.1) is 0 Å². The molecule has 0 atom stereocenters. The van der Waals surface area contributed by atoms with Gasteiger partial charge in [-0.2, -0.15) is 0 Å². The molecule has 4 heteroatoms. The Balaban J connectivity index is 1.61. The Kier molecular flexibility index (Phi) is 3.52. The minimum atomic E-state index is -0.0237. The van der Waals surface area contributed by atoms with Gasteiger partial charge in [0.1, 0.15) is 5.82 Å². The molecule has 1 N–H and O–H groups in total. The molecule has 4 rings (SSSR count). The third-order valence-corrected chi connectivity index (χ3v) is 4.15. The van der Waals surface area contributed by atoms with Gasteiger partial charge >= 0.3 is 0 Å². The van der Waals surface area contributed by atoms with E-state index in [-0.39, 0.29) is 5.56 Å². The Morgan fingerprint density at radius 2 is 1.65 bits per heavy atom. The first-order valence-corrected chi connectivity index (χ1v) is 7.73. The number of aromatic nitrogens is 2. The zero-order chi connectivity index (χ0) is 15.6. The van der Waals surface area contributed by atoms with Gasteiger partial charge < -0.3 is 4.98 Å². The van der Waals surface area contributed by atoms with E-state index in [2.05, 4.69) is 27.0 Å². The van der Waals surface area contributed by atoms with Gasteiger partial charge in [0.2, 0.25) is 0 Å². The summed E-state index contributed by atoms with van der Waals surface area (Å²) in [6.07, 6.45) is 0. The Morgan fingerprint density at radius 1 is 0.957 bits per heavy atom. The van der Waals surface area contributed by atoms with Crippen molar-refractivity contribution in [3.8, 4) is 11.4 Å². The predicted molar refractivity (Wildman–Crippen MR) is 89.7 cm³/mol. The van der Waals surface area contributed by atoms with Crippen molar-refractivity contribution in [1.29, 1.82) is 0 Å². The van der Waals surface area contributed by atoms with E-state index >= 15 is 0 Å². The van der Waals surface area contributed by atoms with E-state index in [1.165, 1.54) is 5.56 Å². The lowest BCUT2D eigenvalue weighted by atomic mass is 10.2. The fourth-order valence-corrected chi connectivity index (χ4v) is 3.02. The summed E-state index contributed by atoms with van der Waals surface area (Å²) in [5.41, 5.74) is 3.85. The van der Waals surface area contributed by atoms with Crippen molar-refractivity contribution >= 4 is 0 Å². The van der Waals surface area contributed by atoms with Gasteiger partial charge in [-0.15, -0.1) is 0 Å². The number of hydrogen-bond donors (Lipinski definition) is 1. The Bertz CT molecular complexity index is 872. The van der Waals surface area contributed by atoms with Gasteiger partial charge in [0, 0.05) is 25.2 Å². The zero-order valence-corrected chi connectivity index (χ0v) is 12.7. The second-order valence-electron chi connectivity index (χ2n) is 5.84. The largest absolute Gasteiger partial charge is 0.306 e. The van der Waals surface area contributed by atoms with Gasteiger partial charge in [0.05, 0.1) is 11.3 Å². The molecule has 0 saturated carbocycles. The van der Waals surface area contributed by atoms with Gasteiger partial charge in [-0.25, -0.2) is 4.98 Å². The molecule has 0 bridgehead atoms. The van der Waals surface area contributed by atoms with Crippen LogP contribution >= 0.6 is 0 Å². The normalized spacial score (nSPS) is 13.9. The lowest BCUT2D eigenvalue weighted by Crippen LogP contribution is -2.18. The number of nitrogens with zero attached hydrogens (tertiary/aromatic N) is 2. The average Bonchev–Trinajstić information content (AvgIpc) is 2.99. The first-order valence-electron chi connectivity index (χ1n) is 7.73. The first kappa shape index (κ1) is 13.9. The van der Waals surface area contributed by atoms with E-state index in [9.17, 15) is 4.79 Å². The van der Waals surface area contributed by atoms with Crippen LogP contribution in [0.5, 0.6) is 0 Å². The molecule has 0 radical (unpaired) electrons. The minimum Gasteiger partial charge on any atom is -0.306 e. The van der Waals surface area contributed by atoms with Crippen LogP contribution in [0.4, 0.5) is 0 Å². The standard InChI is InChI=1S/C19H17N3O/c23-19-16-12-22(11-14-7-3-1-4-8-14)13-17(16)20-18(21-19)15-9-5-2-6-10-15/h1-10H,11-13H2,(H,20,21,23). The zero-order valence-electron chi connectivity index (χ0n) is 12.7. The van der Waals surface area contributed by atoms with E-state index in [4.69, 9.17) is 0 Å². The maximum atomic E-state index is 12.4. The molecule has 2 aromatic carbocycles. The van der Waals surface area contributed by atoms with Crippen molar-refractivity contribution < 1.29 is 0 Å². The Hall–Kier alpha value is -2.72. The number of aromatic amines is 1. The molecule has 0 amide bonds. The maximum Gasteiger partial charge on any atom is 0.255 e. The number of rotatable bonds is 3. The smallest absolute Gasteiger partial charge is 0.255 e. The van der Waals surface area contributed by atoms with Crippen LogP contribution < -0.4 is 5.56 Å². The molecule has 0 saturated heterocycles. The van der Waals surface area contributed by atoms with Gasteiger partial charge in [-0.3, -0.25) is 9.69 Å². The van der Waals surface area contributed by atoms with Gasteiger partial charge in [0.25, 0.3) is 5.56 Å². The minimum absolute atomic E-state index is 0.0237. The molecule has 0 spiro atoms. The summed E-state index contributed by atoms with van der Waals surface area (Å²) in [4.78, 5) is 22.2. The fraction of sp³-hybridized carbons (Fsp3) is 0.158. The summed E-state index contributed by atoms with van der Waals surface area (Å²) in [5.74, 6) is 0.649. The van der Waals surface area contributed by atoms with Crippen LogP contribution in [-0.4, -0.2) is 14.9 Å². The Morgan fingerprint density at radius 3 is 2.39 bits per heavy atom. The van der Waals surface area contributed by atoms with Crippen LogP contribution in [0.2, 0.25) is 0 Å². The summed E-state index contributed by atoms with van der Waals surface area (Å²) >= 11 is 0. The van der Waals surface area contributed by atoms with Crippen molar-refractivity contribution in [2.45, 2.75) is 19.6 Å². The molecule has 0 fully saturated rings. The highest BCUT2D eigenvalue weighted by Gasteiger charge is 2.24. The van der Waals surface area contributed by atoms with E-state index < -0.39 is 0 Å². The van der Waals surface area contributed by atoms with Crippen molar-refractivity contribution in [2.24, 2.45) is 0 Å². The van der Waals surface area contributed by atoms with Crippen LogP contribution in [0.15, 0.2) is 65.5 Å². The molecule has 1 aromatic heterocycles.